The maximum Gasteiger partial charge on any atom is 0.257 e. The van der Waals surface area contributed by atoms with E-state index in [1.165, 1.54) is 6.20 Å². The summed E-state index contributed by atoms with van der Waals surface area (Å²) >= 11 is 3.28. The average molecular weight is 397 g/mol. The van der Waals surface area contributed by atoms with Crippen LogP contribution in [-0.2, 0) is 0 Å². The van der Waals surface area contributed by atoms with E-state index in [0.29, 0.717) is 27.0 Å². The van der Waals surface area contributed by atoms with Crippen molar-refractivity contribution in [3.05, 3.63) is 82.9 Å². The Morgan fingerprint density at radius 1 is 0.800 bits per heavy atom. The highest BCUT2D eigenvalue weighted by Gasteiger charge is 2.10. The second-order valence-electron chi connectivity index (χ2n) is 5.12. The smallest absolute Gasteiger partial charge is 0.257 e. The van der Waals surface area contributed by atoms with Gasteiger partial charge in [0.15, 0.2) is 0 Å². The summed E-state index contributed by atoms with van der Waals surface area (Å²) in [6.45, 7) is 0. The van der Waals surface area contributed by atoms with Gasteiger partial charge in [-0.25, -0.2) is 0 Å². The van der Waals surface area contributed by atoms with Crippen LogP contribution in [0.25, 0.3) is 0 Å². The lowest BCUT2D eigenvalue weighted by atomic mass is 10.1. The van der Waals surface area contributed by atoms with Gasteiger partial charge in [0.2, 0.25) is 0 Å². The number of anilines is 2. The quantitative estimate of drug-likeness (QED) is 0.703. The molecule has 2 amide bonds. The third-order valence-electron chi connectivity index (χ3n) is 3.29. The van der Waals surface area contributed by atoms with Crippen LogP contribution in [0, 0.1) is 0 Å². The van der Waals surface area contributed by atoms with Crippen LogP contribution >= 0.6 is 15.9 Å². The summed E-state index contributed by atoms with van der Waals surface area (Å²) in [6.07, 6.45) is 6.26. The van der Waals surface area contributed by atoms with Gasteiger partial charge in [0.1, 0.15) is 0 Å². The summed E-state index contributed by atoms with van der Waals surface area (Å²) in [6, 6.07) is 11.8. The molecule has 25 heavy (non-hydrogen) atoms. The number of rotatable bonds is 4. The van der Waals surface area contributed by atoms with Crippen molar-refractivity contribution in [2.24, 2.45) is 0 Å². The third-order valence-corrected chi connectivity index (χ3v) is 3.72. The van der Waals surface area contributed by atoms with E-state index in [2.05, 4.69) is 36.5 Å². The van der Waals surface area contributed by atoms with Crippen molar-refractivity contribution in [2.45, 2.75) is 0 Å². The lowest BCUT2D eigenvalue weighted by Gasteiger charge is -2.08. The second kappa shape index (κ2) is 7.67. The number of aromatic nitrogens is 2. The molecular formula is C18H13BrN4O2. The van der Waals surface area contributed by atoms with Gasteiger partial charge in [-0.2, -0.15) is 0 Å². The molecule has 0 saturated carbocycles. The molecule has 1 aromatic carbocycles. The van der Waals surface area contributed by atoms with E-state index < -0.39 is 0 Å². The number of hydrogen-bond donors (Lipinski definition) is 2. The van der Waals surface area contributed by atoms with Crippen LogP contribution in [0.4, 0.5) is 11.4 Å². The first-order chi connectivity index (χ1) is 12.1. The molecule has 7 heteroatoms. The average Bonchev–Trinajstić information content (AvgIpc) is 2.63. The van der Waals surface area contributed by atoms with Crippen LogP contribution in [0.15, 0.2) is 71.7 Å². The maximum atomic E-state index is 12.3. The predicted octanol–water partition coefficient (Wildman–Crippen LogP) is 3.74. The van der Waals surface area contributed by atoms with Crippen molar-refractivity contribution in [2.75, 3.05) is 10.6 Å². The fourth-order valence-electron chi connectivity index (χ4n) is 2.12. The lowest BCUT2D eigenvalue weighted by molar-refractivity contribution is 0.101. The molecule has 0 radical (unpaired) electrons. The minimum Gasteiger partial charge on any atom is -0.322 e. The summed E-state index contributed by atoms with van der Waals surface area (Å²) in [4.78, 5) is 32.4. The molecule has 2 N–H and O–H groups in total. The highest BCUT2D eigenvalue weighted by atomic mass is 79.9. The Morgan fingerprint density at radius 3 is 2.28 bits per heavy atom. The van der Waals surface area contributed by atoms with Crippen LogP contribution in [0.2, 0.25) is 0 Å². The Balaban J connectivity index is 1.73. The van der Waals surface area contributed by atoms with Gasteiger partial charge in [-0.15, -0.1) is 0 Å². The molecule has 0 unspecified atom stereocenters. The van der Waals surface area contributed by atoms with Crippen molar-refractivity contribution >= 4 is 39.1 Å². The predicted molar refractivity (Wildman–Crippen MR) is 98.5 cm³/mol. The van der Waals surface area contributed by atoms with Crippen molar-refractivity contribution < 1.29 is 9.59 Å². The van der Waals surface area contributed by atoms with E-state index in [4.69, 9.17) is 0 Å². The topological polar surface area (TPSA) is 84.0 Å². The molecule has 0 aliphatic carbocycles. The first kappa shape index (κ1) is 16.8. The first-order valence-corrected chi connectivity index (χ1v) is 8.14. The summed E-state index contributed by atoms with van der Waals surface area (Å²) < 4.78 is 0.714. The minimum atomic E-state index is -0.305. The molecule has 0 saturated heterocycles. The Morgan fingerprint density at radius 2 is 1.52 bits per heavy atom. The molecule has 3 aromatic rings. The second-order valence-corrected chi connectivity index (χ2v) is 6.03. The van der Waals surface area contributed by atoms with Crippen LogP contribution in [0.3, 0.4) is 0 Å². The SMILES string of the molecule is O=C(Nc1cccc(C(=O)Nc2ccncc2)c1)c1cncc(Br)c1. The van der Waals surface area contributed by atoms with Crippen LogP contribution in [0.5, 0.6) is 0 Å². The monoisotopic (exact) mass is 396 g/mol. The summed E-state index contributed by atoms with van der Waals surface area (Å²) in [7, 11) is 0. The molecular weight excluding hydrogens is 384 g/mol. The minimum absolute atomic E-state index is 0.272. The fraction of sp³-hybridized carbons (Fsp3) is 0. The van der Waals surface area contributed by atoms with E-state index in [0.717, 1.165) is 0 Å². The molecule has 2 heterocycles. The van der Waals surface area contributed by atoms with Gasteiger partial charge in [0.25, 0.3) is 11.8 Å². The molecule has 0 aliphatic heterocycles. The molecule has 0 bridgehead atoms. The summed E-state index contributed by atoms with van der Waals surface area (Å²) in [5.74, 6) is -0.577. The van der Waals surface area contributed by atoms with Gasteiger partial charge in [-0.1, -0.05) is 6.07 Å². The van der Waals surface area contributed by atoms with Crippen LogP contribution < -0.4 is 10.6 Å². The van der Waals surface area contributed by atoms with Gasteiger partial charge in [0.05, 0.1) is 5.56 Å². The van der Waals surface area contributed by atoms with Crippen LogP contribution in [-0.4, -0.2) is 21.8 Å². The van der Waals surface area contributed by atoms with Gasteiger partial charge < -0.3 is 10.6 Å². The summed E-state index contributed by atoms with van der Waals surface area (Å²) in [5, 5.41) is 5.52. The third kappa shape index (κ3) is 4.48. The van der Waals surface area contributed by atoms with E-state index in [1.807, 2.05) is 0 Å². The highest BCUT2D eigenvalue weighted by molar-refractivity contribution is 9.10. The molecule has 124 valence electrons. The zero-order valence-electron chi connectivity index (χ0n) is 12.9. The van der Waals surface area contributed by atoms with Crippen molar-refractivity contribution in [3.8, 4) is 0 Å². The molecule has 0 aliphatic rings. The molecule has 3 rings (SSSR count). The number of amides is 2. The number of benzene rings is 1. The van der Waals surface area contributed by atoms with Crippen LogP contribution in [0.1, 0.15) is 20.7 Å². The van der Waals surface area contributed by atoms with E-state index >= 15 is 0 Å². The summed E-state index contributed by atoms with van der Waals surface area (Å²) in [5.41, 5.74) is 2.02. The Kier molecular flexibility index (Phi) is 5.15. The number of nitrogens with zero attached hydrogens (tertiary/aromatic N) is 2. The zero-order chi connectivity index (χ0) is 17.6. The number of halogens is 1. The number of nitrogens with one attached hydrogen (secondary N) is 2. The highest BCUT2D eigenvalue weighted by Crippen LogP contribution is 2.15. The molecule has 6 nitrogen and oxygen atoms in total. The van der Waals surface area contributed by atoms with Crippen molar-refractivity contribution in [3.63, 3.8) is 0 Å². The van der Waals surface area contributed by atoms with E-state index in [9.17, 15) is 9.59 Å². The van der Waals surface area contributed by atoms with E-state index in [1.54, 1.807) is 61.1 Å². The number of pyridine rings is 2. The Bertz CT molecular complexity index is 916. The molecule has 0 fully saturated rings. The molecule has 0 spiro atoms. The number of carbonyl (C=O) groups is 2. The van der Waals surface area contributed by atoms with Gasteiger partial charge in [-0.05, 0) is 52.3 Å². The number of hydrogen-bond acceptors (Lipinski definition) is 4. The van der Waals surface area contributed by atoms with E-state index in [-0.39, 0.29) is 11.8 Å². The number of carbonyl (C=O) groups excluding carboxylic acids is 2. The van der Waals surface area contributed by atoms with Gasteiger partial charge in [0, 0.05) is 46.2 Å². The largest absolute Gasteiger partial charge is 0.322 e. The standard InChI is InChI=1S/C18H13BrN4O2/c19-14-8-13(10-21-11-14)18(25)23-16-3-1-2-12(9-16)17(24)22-15-4-6-20-7-5-15/h1-11H,(H,23,25)(H,20,22,24). The molecule has 2 aromatic heterocycles. The molecule has 0 atom stereocenters. The Hall–Kier alpha value is -3.06. The fourth-order valence-corrected chi connectivity index (χ4v) is 2.48. The van der Waals surface area contributed by atoms with Gasteiger partial charge >= 0.3 is 0 Å². The normalized spacial score (nSPS) is 10.1. The Labute approximate surface area is 152 Å². The maximum absolute atomic E-state index is 12.3. The zero-order valence-corrected chi connectivity index (χ0v) is 14.5. The lowest BCUT2D eigenvalue weighted by Crippen LogP contribution is -2.14. The van der Waals surface area contributed by atoms with Gasteiger partial charge in [-0.3, -0.25) is 19.6 Å². The van der Waals surface area contributed by atoms with Crippen molar-refractivity contribution in [1.82, 2.24) is 9.97 Å². The first-order valence-electron chi connectivity index (χ1n) is 7.35. The van der Waals surface area contributed by atoms with Crippen molar-refractivity contribution in [1.29, 1.82) is 0 Å².